The monoisotopic (exact) mass is 465 g/mol. The minimum atomic E-state index is -0.303. The standard InChI is InChI=1S/C22H23N7O5/c1-4-32-22(30)28-8-7-16-14(11-28)5-6-15(23-16)12-33-21-18(31-3)10-19-24-25-20(29(19)26-21)17-9-13(2)34-27-17/h5-6,9-10H,4,7-8,11-12H2,1-3H3. The number of aryl methyl sites for hydroxylation is 1. The smallest absolute Gasteiger partial charge is 0.410 e. The molecule has 1 amide bonds. The average Bonchev–Trinajstić information content (AvgIpc) is 3.47. The van der Waals surface area contributed by atoms with Crippen molar-refractivity contribution in [2.75, 3.05) is 20.3 Å². The van der Waals surface area contributed by atoms with Crippen molar-refractivity contribution in [3.63, 3.8) is 0 Å². The number of carbonyl (C=O) groups excluding carboxylic acids is 1. The van der Waals surface area contributed by atoms with E-state index in [4.69, 9.17) is 23.7 Å². The molecule has 1 aliphatic heterocycles. The molecule has 0 radical (unpaired) electrons. The van der Waals surface area contributed by atoms with E-state index in [0.29, 0.717) is 54.8 Å². The summed E-state index contributed by atoms with van der Waals surface area (Å²) in [5.74, 6) is 1.77. The van der Waals surface area contributed by atoms with Crippen molar-refractivity contribution in [1.29, 1.82) is 0 Å². The summed E-state index contributed by atoms with van der Waals surface area (Å²) in [4.78, 5) is 18.4. The highest BCUT2D eigenvalue weighted by Gasteiger charge is 2.23. The molecule has 0 atom stereocenters. The van der Waals surface area contributed by atoms with Gasteiger partial charge in [-0.05, 0) is 25.5 Å². The third-order valence-electron chi connectivity index (χ3n) is 5.39. The molecule has 0 spiro atoms. The van der Waals surface area contributed by atoms with Gasteiger partial charge in [0, 0.05) is 30.8 Å². The first-order valence-corrected chi connectivity index (χ1v) is 10.8. The van der Waals surface area contributed by atoms with Crippen molar-refractivity contribution >= 4 is 11.7 Å². The number of ether oxygens (including phenoxy) is 3. The van der Waals surface area contributed by atoms with E-state index in [0.717, 1.165) is 17.0 Å². The summed E-state index contributed by atoms with van der Waals surface area (Å²) in [5, 5.41) is 16.8. The van der Waals surface area contributed by atoms with Crippen LogP contribution in [0.15, 0.2) is 28.8 Å². The fourth-order valence-electron chi connectivity index (χ4n) is 3.73. The van der Waals surface area contributed by atoms with E-state index >= 15 is 0 Å². The predicted molar refractivity (Wildman–Crippen MR) is 117 cm³/mol. The van der Waals surface area contributed by atoms with Gasteiger partial charge in [-0.2, -0.15) is 4.52 Å². The van der Waals surface area contributed by atoms with E-state index in [1.165, 1.54) is 11.6 Å². The predicted octanol–water partition coefficient (Wildman–Crippen LogP) is 2.58. The molecule has 0 aromatic carbocycles. The number of amides is 1. The van der Waals surface area contributed by atoms with Crippen LogP contribution in [-0.2, 0) is 24.3 Å². The number of fused-ring (bicyclic) bond motifs is 2. The minimum absolute atomic E-state index is 0.185. The van der Waals surface area contributed by atoms with Crippen LogP contribution in [0.1, 0.15) is 29.6 Å². The second-order valence-electron chi connectivity index (χ2n) is 7.70. The van der Waals surface area contributed by atoms with Crippen LogP contribution < -0.4 is 9.47 Å². The number of carbonyl (C=O) groups is 1. The molecule has 0 bridgehead atoms. The molecule has 0 fully saturated rings. The Morgan fingerprint density at radius 3 is 2.88 bits per heavy atom. The number of nitrogens with zero attached hydrogens (tertiary/aromatic N) is 7. The van der Waals surface area contributed by atoms with Gasteiger partial charge < -0.3 is 23.6 Å². The van der Waals surface area contributed by atoms with Gasteiger partial charge in [0.25, 0.3) is 5.88 Å². The van der Waals surface area contributed by atoms with Crippen LogP contribution in [0.3, 0.4) is 0 Å². The van der Waals surface area contributed by atoms with Crippen molar-refractivity contribution in [3.05, 3.63) is 47.0 Å². The summed E-state index contributed by atoms with van der Waals surface area (Å²) in [6.45, 7) is 5.17. The molecule has 1 aliphatic rings. The highest BCUT2D eigenvalue weighted by molar-refractivity contribution is 5.68. The van der Waals surface area contributed by atoms with Gasteiger partial charge in [-0.1, -0.05) is 11.2 Å². The Kier molecular flexibility index (Phi) is 5.70. The van der Waals surface area contributed by atoms with Crippen LogP contribution in [-0.4, -0.2) is 61.2 Å². The molecule has 0 saturated heterocycles. The summed E-state index contributed by atoms with van der Waals surface area (Å²) in [7, 11) is 1.53. The van der Waals surface area contributed by atoms with Crippen molar-refractivity contribution in [3.8, 4) is 23.1 Å². The van der Waals surface area contributed by atoms with Gasteiger partial charge >= 0.3 is 6.09 Å². The molecule has 5 rings (SSSR count). The first-order chi connectivity index (χ1) is 16.6. The van der Waals surface area contributed by atoms with Crippen LogP contribution in [0, 0.1) is 6.92 Å². The molecular formula is C22H23N7O5. The Hall–Kier alpha value is -4.22. The second-order valence-corrected chi connectivity index (χ2v) is 7.70. The normalized spacial score (nSPS) is 13.1. The zero-order valence-corrected chi connectivity index (χ0v) is 19.0. The first kappa shape index (κ1) is 21.6. The molecule has 4 aromatic rings. The number of rotatable bonds is 6. The van der Waals surface area contributed by atoms with Crippen molar-refractivity contribution < 1.29 is 23.5 Å². The molecule has 176 valence electrons. The molecule has 12 nitrogen and oxygen atoms in total. The van der Waals surface area contributed by atoms with Crippen LogP contribution in [0.2, 0.25) is 0 Å². The molecular weight excluding hydrogens is 442 g/mol. The summed E-state index contributed by atoms with van der Waals surface area (Å²) >= 11 is 0. The third kappa shape index (κ3) is 4.09. The van der Waals surface area contributed by atoms with Gasteiger partial charge in [-0.3, -0.25) is 4.98 Å². The molecule has 34 heavy (non-hydrogen) atoms. The minimum Gasteiger partial charge on any atom is -0.491 e. The van der Waals surface area contributed by atoms with Gasteiger partial charge in [0.2, 0.25) is 5.82 Å². The van der Waals surface area contributed by atoms with Crippen LogP contribution in [0.4, 0.5) is 4.79 Å². The second kappa shape index (κ2) is 8.96. The number of hydrogen-bond acceptors (Lipinski definition) is 10. The molecule has 5 heterocycles. The Morgan fingerprint density at radius 2 is 2.12 bits per heavy atom. The number of hydrogen-bond donors (Lipinski definition) is 0. The van der Waals surface area contributed by atoms with E-state index in [2.05, 4.69) is 20.5 Å². The number of methoxy groups -OCH3 is 1. The van der Waals surface area contributed by atoms with Gasteiger partial charge in [-0.15, -0.1) is 15.3 Å². The SMILES string of the molecule is CCOC(=O)N1CCc2nc(COc3nn4c(-c5cc(C)on5)nnc4cc3OC)ccc2C1. The Labute approximate surface area is 194 Å². The lowest BCUT2D eigenvalue weighted by atomic mass is 10.1. The maximum absolute atomic E-state index is 12.0. The fourth-order valence-corrected chi connectivity index (χ4v) is 3.73. The summed E-state index contributed by atoms with van der Waals surface area (Å²) in [6, 6.07) is 7.28. The van der Waals surface area contributed by atoms with Crippen LogP contribution >= 0.6 is 0 Å². The topological polar surface area (TPSA) is 130 Å². The van der Waals surface area contributed by atoms with Gasteiger partial charge in [0.1, 0.15) is 12.4 Å². The van der Waals surface area contributed by atoms with Crippen molar-refractivity contribution in [2.45, 2.75) is 33.4 Å². The first-order valence-electron chi connectivity index (χ1n) is 10.8. The summed E-state index contributed by atoms with van der Waals surface area (Å²) < 4.78 is 23.2. The largest absolute Gasteiger partial charge is 0.491 e. The Balaban J connectivity index is 1.35. The summed E-state index contributed by atoms with van der Waals surface area (Å²) in [5.41, 5.74) is 3.68. The van der Waals surface area contributed by atoms with E-state index in [1.54, 1.807) is 30.9 Å². The highest BCUT2D eigenvalue weighted by Crippen LogP contribution is 2.28. The maximum atomic E-state index is 12.0. The molecule has 12 heteroatoms. The number of pyridine rings is 1. The maximum Gasteiger partial charge on any atom is 0.410 e. The molecule has 0 aliphatic carbocycles. The zero-order chi connectivity index (χ0) is 23.7. The summed E-state index contributed by atoms with van der Waals surface area (Å²) in [6.07, 6.45) is 0.347. The lowest BCUT2D eigenvalue weighted by Gasteiger charge is -2.27. The van der Waals surface area contributed by atoms with Crippen LogP contribution in [0.5, 0.6) is 11.6 Å². The van der Waals surface area contributed by atoms with E-state index < -0.39 is 0 Å². The lowest BCUT2D eigenvalue weighted by molar-refractivity contribution is 0.102. The Morgan fingerprint density at radius 1 is 1.24 bits per heavy atom. The van der Waals surface area contributed by atoms with Crippen LogP contribution in [0.25, 0.3) is 17.2 Å². The fraction of sp³-hybridized carbons (Fsp3) is 0.364. The van der Waals surface area contributed by atoms with Gasteiger partial charge in [0.05, 0.1) is 26.0 Å². The van der Waals surface area contributed by atoms with Gasteiger partial charge in [0.15, 0.2) is 17.1 Å². The van der Waals surface area contributed by atoms with Gasteiger partial charge in [-0.25, -0.2) is 4.79 Å². The van der Waals surface area contributed by atoms with E-state index in [9.17, 15) is 4.79 Å². The van der Waals surface area contributed by atoms with Crippen molar-refractivity contribution in [1.82, 2.24) is 34.9 Å². The Bertz CT molecular complexity index is 1350. The quantitative estimate of drug-likeness (QED) is 0.419. The highest BCUT2D eigenvalue weighted by atomic mass is 16.6. The number of aromatic nitrogens is 6. The molecule has 0 N–H and O–H groups in total. The van der Waals surface area contributed by atoms with E-state index in [-0.39, 0.29) is 18.6 Å². The molecule has 4 aromatic heterocycles. The molecule has 0 saturated carbocycles. The zero-order valence-electron chi connectivity index (χ0n) is 19.0. The average molecular weight is 465 g/mol. The third-order valence-corrected chi connectivity index (χ3v) is 5.39. The van der Waals surface area contributed by atoms with E-state index in [1.807, 2.05) is 12.1 Å². The molecule has 0 unspecified atom stereocenters. The van der Waals surface area contributed by atoms with Crippen molar-refractivity contribution in [2.24, 2.45) is 0 Å². The lowest BCUT2D eigenvalue weighted by Crippen LogP contribution is -2.36.